The lowest BCUT2D eigenvalue weighted by Gasteiger charge is -2.22. The quantitative estimate of drug-likeness (QED) is 0.248. The van der Waals surface area contributed by atoms with Gasteiger partial charge < -0.3 is 28.5 Å². The van der Waals surface area contributed by atoms with Crippen LogP contribution in [0.3, 0.4) is 0 Å². The number of fused-ring (bicyclic) bond motifs is 2. The Labute approximate surface area is 188 Å². The molecular formula is C20H16N2O8S2. The number of nitrogens with zero attached hydrogens (tertiary/aromatic N) is 2. The van der Waals surface area contributed by atoms with Gasteiger partial charge in [-0.15, -0.1) is 0 Å². The van der Waals surface area contributed by atoms with E-state index in [-0.39, 0.29) is 23.7 Å². The third-order valence-electron chi connectivity index (χ3n) is 4.21. The van der Waals surface area contributed by atoms with Crippen LogP contribution in [0.15, 0.2) is 67.8 Å². The van der Waals surface area contributed by atoms with Gasteiger partial charge in [0.05, 0.1) is 10.5 Å². The molecule has 0 fully saturated rings. The first-order valence-corrected chi connectivity index (χ1v) is 11.0. The molecule has 2 N–H and O–H groups in total. The van der Waals surface area contributed by atoms with Gasteiger partial charge in [0.1, 0.15) is 24.2 Å². The number of oxazole rings is 2. The highest BCUT2D eigenvalue weighted by molar-refractivity contribution is 8.03. The van der Waals surface area contributed by atoms with Crippen molar-refractivity contribution < 1.29 is 38.1 Å². The van der Waals surface area contributed by atoms with Crippen molar-refractivity contribution in [3.05, 3.63) is 48.5 Å². The lowest BCUT2D eigenvalue weighted by atomic mass is 10.3. The minimum absolute atomic E-state index is 0.264. The maximum Gasteiger partial charge on any atom is 0.505 e. The molecule has 0 spiro atoms. The molecule has 2 unspecified atom stereocenters. The normalized spacial score (nSPS) is 13.1. The third kappa shape index (κ3) is 5.45. The maximum absolute atomic E-state index is 11.0. The second-order valence-electron chi connectivity index (χ2n) is 6.36. The molecule has 4 rings (SSSR count). The van der Waals surface area contributed by atoms with Gasteiger partial charge in [-0.05, 0) is 24.3 Å². The van der Waals surface area contributed by atoms with Crippen LogP contribution in [-0.2, 0) is 9.47 Å². The minimum atomic E-state index is -1.46. The summed E-state index contributed by atoms with van der Waals surface area (Å²) in [6.45, 7) is -0.529. The van der Waals surface area contributed by atoms with Gasteiger partial charge in [0.25, 0.3) is 10.4 Å². The van der Waals surface area contributed by atoms with Gasteiger partial charge in [-0.2, -0.15) is 0 Å². The largest absolute Gasteiger partial charge is 0.505 e. The molecule has 2 aromatic carbocycles. The number of para-hydroxylation sites is 4. The highest BCUT2D eigenvalue weighted by Crippen LogP contribution is 2.36. The number of aromatic nitrogens is 2. The Kier molecular flexibility index (Phi) is 6.71. The van der Waals surface area contributed by atoms with Gasteiger partial charge in [-0.3, -0.25) is 0 Å². The van der Waals surface area contributed by atoms with Crippen LogP contribution < -0.4 is 0 Å². The standard InChI is InChI=1S/C20H16N2O8S2/c23-19(24)27-9-15(31-17-21-11-5-1-3-7-13(11)29-17)16(10-28-20(25)26)32-18-22-12-6-2-4-8-14(12)30-18/h1-8,15-16H,9-10H2,(H,23,24)(H,25,26). The predicted molar refractivity (Wildman–Crippen MR) is 115 cm³/mol. The van der Waals surface area contributed by atoms with E-state index in [1.165, 1.54) is 0 Å². The van der Waals surface area contributed by atoms with Crippen LogP contribution in [-0.4, -0.2) is 56.2 Å². The summed E-state index contributed by atoms with van der Waals surface area (Å²) in [6.07, 6.45) is -2.92. The van der Waals surface area contributed by atoms with Crippen LogP contribution in [0, 0.1) is 0 Å². The van der Waals surface area contributed by atoms with E-state index in [4.69, 9.17) is 28.5 Å². The molecule has 2 atom stereocenters. The maximum atomic E-state index is 11.0. The number of carbonyl (C=O) groups is 2. The molecule has 0 aliphatic rings. The number of carboxylic acid groups (broad SMARTS) is 2. The van der Waals surface area contributed by atoms with Gasteiger partial charge in [-0.25, -0.2) is 19.6 Å². The number of hydrogen-bond donors (Lipinski definition) is 2. The van der Waals surface area contributed by atoms with Crippen molar-refractivity contribution in [2.75, 3.05) is 13.2 Å². The van der Waals surface area contributed by atoms with E-state index in [0.717, 1.165) is 23.5 Å². The number of hydrogen-bond acceptors (Lipinski definition) is 10. The van der Waals surface area contributed by atoms with E-state index < -0.39 is 22.8 Å². The zero-order valence-corrected chi connectivity index (χ0v) is 17.9. The van der Waals surface area contributed by atoms with E-state index in [1.807, 2.05) is 12.1 Å². The Hall–Kier alpha value is -3.38. The highest BCUT2D eigenvalue weighted by Gasteiger charge is 2.30. The number of rotatable bonds is 9. The average molecular weight is 476 g/mol. The van der Waals surface area contributed by atoms with Crippen molar-refractivity contribution in [3.63, 3.8) is 0 Å². The summed E-state index contributed by atoms with van der Waals surface area (Å²) in [5.74, 6) is 0. The lowest BCUT2D eigenvalue weighted by Crippen LogP contribution is -2.31. The van der Waals surface area contributed by atoms with Crippen molar-refractivity contribution >= 4 is 58.0 Å². The van der Waals surface area contributed by atoms with E-state index in [9.17, 15) is 9.59 Å². The molecular weight excluding hydrogens is 460 g/mol. The van der Waals surface area contributed by atoms with Crippen LogP contribution in [0.5, 0.6) is 0 Å². The Morgan fingerprint density at radius 2 is 1.19 bits per heavy atom. The number of thioether (sulfide) groups is 2. The summed E-state index contributed by atoms with van der Waals surface area (Å²) in [5.41, 5.74) is 2.41. The van der Waals surface area contributed by atoms with Gasteiger partial charge in [0, 0.05) is 0 Å². The summed E-state index contributed by atoms with van der Waals surface area (Å²) < 4.78 is 21.0. The summed E-state index contributed by atoms with van der Waals surface area (Å²) in [7, 11) is 0. The average Bonchev–Trinajstić information content (AvgIpc) is 3.36. The molecule has 32 heavy (non-hydrogen) atoms. The van der Waals surface area contributed by atoms with Gasteiger partial charge in [0.2, 0.25) is 0 Å². The van der Waals surface area contributed by atoms with Crippen LogP contribution >= 0.6 is 23.5 Å². The summed E-state index contributed by atoms with van der Waals surface area (Å²) in [6, 6.07) is 14.3. The van der Waals surface area contributed by atoms with E-state index in [1.54, 1.807) is 36.4 Å². The van der Waals surface area contributed by atoms with Crippen molar-refractivity contribution in [3.8, 4) is 0 Å². The lowest BCUT2D eigenvalue weighted by molar-refractivity contribution is 0.0797. The highest BCUT2D eigenvalue weighted by atomic mass is 32.2. The molecule has 2 heterocycles. The summed E-state index contributed by atoms with van der Waals surface area (Å²) in [4.78, 5) is 30.8. The Morgan fingerprint density at radius 1 is 0.781 bits per heavy atom. The monoisotopic (exact) mass is 476 g/mol. The fourth-order valence-electron chi connectivity index (χ4n) is 2.80. The van der Waals surface area contributed by atoms with E-state index in [0.29, 0.717) is 22.2 Å². The van der Waals surface area contributed by atoms with Crippen molar-refractivity contribution in [1.29, 1.82) is 0 Å². The van der Waals surface area contributed by atoms with Crippen molar-refractivity contribution in [2.24, 2.45) is 0 Å². The first-order valence-electron chi connectivity index (χ1n) is 9.24. The number of ether oxygens (including phenoxy) is 2. The molecule has 166 valence electrons. The molecule has 10 nitrogen and oxygen atoms in total. The fourth-order valence-corrected chi connectivity index (χ4v) is 4.97. The van der Waals surface area contributed by atoms with Crippen molar-refractivity contribution in [1.82, 2.24) is 9.97 Å². The van der Waals surface area contributed by atoms with E-state index in [2.05, 4.69) is 9.97 Å². The first-order chi connectivity index (χ1) is 15.5. The zero-order chi connectivity index (χ0) is 22.5. The Balaban J connectivity index is 1.60. The molecule has 0 saturated heterocycles. The zero-order valence-electron chi connectivity index (χ0n) is 16.2. The smallest absolute Gasteiger partial charge is 0.450 e. The summed E-state index contributed by atoms with van der Waals surface area (Å²) >= 11 is 2.23. The van der Waals surface area contributed by atoms with Crippen molar-refractivity contribution in [2.45, 2.75) is 20.9 Å². The molecule has 0 aliphatic carbocycles. The van der Waals surface area contributed by atoms with Gasteiger partial charge >= 0.3 is 12.3 Å². The molecule has 0 radical (unpaired) electrons. The molecule has 0 saturated carbocycles. The molecule has 4 aromatic rings. The molecule has 0 bridgehead atoms. The SMILES string of the molecule is O=C(O)OCC(Sc1nc2ccccc2o1)C(COC(=O)O)Sc1nc2ccccc2o1. The molecule has 0 amide bonds. The molecule has 0 aliphatic heterocycles. The van der Waals surface area contributed by atoms with Gasteiger partial charge in [0.15, 0.2) is 11.2 Å². The minimum Gasteiger partial charge on any atom is -0.450 e. The third-order valence-corrected chi connectivity index (χ3v) is 6.67. The fraction of sp³-hybridized carbons (Fsp3) is 0.200. The number of benzene rings is 2. The topological polar surface area (TPSA) is 145 Å². The molecule has 2 aromatic heterocycles. The second-order valence-corrected chi connectivity index (χ2v) is 8.74. The first kappa shape index (κ1) is 21.8. The van der Waals surface area contributed by atoms with Crippen LogP contribution in [0.1, 0.15) is 0 Å². The van der Waals surface area contributed by atoms with E-state index >= 15 is 0 Å². The van der Waals surface area contributed by atoms with Crippen LogP contribution in [0.25, 0.3) is 22.2 Å². The van der Waals surface area contributed by atoms with Crippen LogP contribution in [0.2, 0.25) is 0 Å². The predicted octanol–water partition coefficient (Wildman–Crippen LogP) is 4.98. The van der Waals surface area contributed by atoms with Gasteiger partial charge in [-0.1, -0.05) is 47.8 Å². The summed E-state index contributed by atoms with van der Waals surface area (Å²) in [5, 5.41) is 17.3. The molecule has 12 heteroatoms. The Morgan fingerprint density at radius 3 is 1.56 bits per heavy atom. The Bertz CT molecular complexity index is 1080. The second kappa shape index (κ2) is 9.83. The van der Waals surface area contributed by atoms with Crippen LogP contribution in [0.4, 0.5) is 9.59 Å².